The van der Waals surface area contributed by atoms with E-state index in [1.54, 1.807) is 6.92 Å². The molecule has 116 valence electrons. The number of amides is 2. The Morgan fingerprint density at radius 2 is 2.05 bits per heavy atom. The fourth-order valence-electron chi connectivity index (χ4n) is 2.06. The first-order chi connectivity index (χ1) is 10.5. The van der Waals surface area contributed by atoms with E-state index in [1.165, 1.54) is 11.8 Å². The van der Waals surface area contributed by atoms with Crippen LogP contribution in [-0.4, -0.2) is 29.3 Å². The summed E-state index contributed by atoms with van der Waals surface area (Å²) in [6, 6.07) is 8.00. The van der Waals surface area contributed by atoms with Crippen LogP contribution in [0.15, 0.2) is 29.3 Å². The minimum Gasteiger partial charge on any atom is -0.450 e. The molecule has 1 N–H and O–H groups in total. The van der Waals surface area contributed by atoms with Gasteiger partial charge in [0.2, 0.25) is 5.91 Å². The second kappa shape index (κ2) is 7.26. The second-order valence-corrected chi connectivity index (χ2v) is 5.80. The molecule has 0 radical (unpaired) electrons. The highest BCUT2D eigenvalue weighted by molar-refractivity contribution is 7.99. The van der Waals surface area contributed by atoms with Gasteiger partial charge in [-0.1, -0.05) is 30.0 Å². The minimum absolute atomic E-state index is 0.114. The van der Waals surface area contributed by atoms with Gasteiger partial charge in [-0.25, -0.2) is 9.78 Å². The van der Waals surface area contributed by atoms with Gasteiger partial charge in [-0.05, 0) is 38.0 Å². The van der Waals surface area contributed by atoms with Crippen molar-refractivity contribution in [1.29, 1.82) is 0 Å². The molecular weight excluding hydrogens is 300 g/mol. The minimum atomic E-state index is -0.716. The van der Waals surface area contributed by atoms with E-state index in [2.05, 4.69) is 15.0 Å². The van der Waals surface area contributed by atoms with Gasteiger partial charge in [-0.3, -0.25) is 10.1 Å². The molecule has 2 aromatic rings. The van der Waals surface area contributed by atoms with Crippen LogP contribution in [0, 0.1) is 13.8 Å². The van der Waals surface area contributed by atoms with Gasteiger partial charge in [0, 0.05) is 5.39 Å². The zero-order valence-electron chi connectivity index (χ0n) is 12.8. The number of nitrogens with zero attached hydrogens (tertiary/aromatic N) is 1. The SMILES string of the molecule is CCOC(=O)NC(=O)CSc1cc(C)c2cccc(C)c2n1. The summed E-state index contributed by atoms with van der Waals surface area (Å²) in [6.45, 7) is 5.95. The Labute approximate surface area is 133 Å². The van der Waals surface area contributed by atoms with Crippen molar-refractivity contribution in [3.05, 3.63) is 35.4 Å². The number of fused-ring (bicyclic) bond motifs is 1. The summed E-state index contributed by atoms with van der Waals surface area (Å²) >= 11 is 1.30. The molecule has 0 bridgehead atoms. The molecule has 0 unspecified atom stereocenters. The topological polar surface area (TPSA) is 68.3 Å². The summed E-state index contributed by atoms with van der Waals surface area (Å²) in [5, 5.41) is 4.04. The second-order valence-electron chi connectivity index (χ2n) is 4.81. The number of hydrogen-bond acceptors (Lipinski definition) is 5. The third-order valence-corrected chi connectivity index (χ3v) is 4.00. The average molecular weight is 318 g/mol. The number of carbonyl (C=O) groups is 2. The molecule has 0 spiro atoms. The first kappa shape index (κ1) is 16.3. The first-order valence-electron chi connectivity index (χ1n) is 6.97. The Hall–Kier alpha value is -2.08. The standard InChI is InChI=1S/C16H18N2O3S/c1-4-21-16(20)17-13(19)9-22-14-8-11(3)12-7-5-6-10(2)15(12)18-14/h5-8H,4,9H2,1-3H3,(H,17,19,20). The third-order valence-electron chi connectivity index (χ3n) is 3.09. The third kappa shape index (κ3) is 3.98. The van der Waals surface area contributed by atoms with Crippen molar-refractivity contribution in [3.63, 3.8) is 0 Å². The van der Waals surface area contributed by atoms with Gasteiger partial charge < -0.3 is 4.74 Å². The summed E-state index contributed by atoms with van der Waals surface area (Å²) in [5.74, 6) is -0.282. The number of ether oxygens (including phenoxy) is 1. The van der Waals surface area contributed by atoms with E-state index in [-0.39, 0.29) is 12.4 Å². The molecular formula is C16H18N2O3S. The van der Waals surface area contributed by atoms with Gasteiger partial charge in [0.25, 0.3) is 0 Å². The van der Waals surface area contributed by atoms with E-state index >= 15 is 0 Å². The molecule has 5 nitrogen and oxygen atoms in total. The van der Waals surface area contributed by atoms with Crippen LogP contribution in [0.1, 0.15) is 18.1 Å². The Balaban J connectivity index is 2.07. The van der Waals surface area contributed by atoms with Crippen molar-refractivity contribution in [1.82, 2.24) is 10.3 Å². The fraction of sp³-hybridized carbons (Fsp3) is 0.312. The Morgan fingerprint density at radius 3 is 2.77 bits per heavy atom. The maximum absolute atomic E-state index is 11.7. The lowest BCUT2D eigenvalue weighted by atomic mass is 10.1. The van der Waals surface area contributed by atoms with Crippen molar-refractivity contribution in [2.24, 2.45) is 0 Å². The largest absolute Gasteiger partial charge is 0.450 e. The Morgan fingerprint density at radius 1 is 1.27 bits per heavy atom. The predicted octanol–water partition coefficient (Wildman–Crippen LogP) is 3.22. The van der Waals surface area contributed by atoms with Crippen LogP contribution in [0.2, 0.25) is 0 Å². The molecule has 1 heterocycles. The summed E-state index contributed by atoms with van der Waals surface area (Å²) < 4.78 is 4.66. The van der Waals surface area contributed by atoms with E-state index in [4.69, 9.17) is 0 Å². The molecule has 0 aliphatic rings. The molecule has 1 aromatic carbocycles. The van der Waals surface area contributed by atoms with Crippen LogP contribution in [0.5, 0.6) is 0 Å². The number of aromatic nitrogens is 1. The quantitative estimate of drug-likeness (QED) is 0.877. The highest BCUT2D eigenvalue weighted by Gasteiger charge is 2.10. The number of nitrogens with one attached hydrogen (secondary N) is 1. The van der Waals surface area contributed by atoms with E-state index in [1.807, 2.05) is 38.1 Å². The fourth-order valence-corrected chi connectivity index (χ4v) is 2.83. The molecule has 2 rings (SSSR count). The van der Waals surface area contributed by atoms with Crippen molar-refractivity contribution in [2.45, 2.75) is 25.8 Å². The number of rotatable bonds is 4. The first-order valence-corrected chi connectivity index (χ1v) is 7.96. The zero-order chi connectivity index (χ0) is 16.1. The molecule has 0 saturated carbocycles. The molecule has 0 saturated heterocycles. The summed E-state index contributed by atoms with van der Waals surface area (Å²) in [5.41, 5.74) is 3.15. The smallest absolute Gasteiger partial charge is 0.413 e. The van der Waals surface area contributed by atoms with Gasteiger partial charge >= 0.3 is 6.09 Å². The number of alkyl carbamates (subject to hydrolysis) is 1. The number of thioether (sulfide) groups is 1. The van der Waals surface area contributed by atoms with Crippen molar-refractivity contribution in [2.75, 3.05) is 12.4 Å². The number of benzene rings is 1. The number of pyridine rings is 1. The molecule has 0 aliphatic heterocycles. The highest BCUT2D eigenvalue weighted by atomic mass is 32.2. The molecule has 2 amide bonds. The Bertz CT molecular complexity index is 716. The monoisotopic (exact) mass is 318 g/mol. The number of imide groups is 1. The van der Waals surface area contributed by atoms with E-state index < -0.39 is 12.0 Å². The number of aryl methyl sites for hydroxylation is 2. The van der Waals surface area contributed by atoms with Gasteiger partial charge in [0.15, 0.2) is 0 Å². The lowest BCUT2D eigenvalue weighted by Crippen LogP contribution is -2.32. The summed E-state index contributed by atoms with van der Waals surface area (Å²) in [7, 11) is 0. The van der Waals surface area contributed by atoms with E-state index in [0.717, 1.165) is 27.1 Å². The molecule has 0 aliphatic carbocycles. The lowest BCUT2D eigenvalue weighted by molar-refractivity contribution is -0.117. The number of carbonyl (C=O) groups excluding carboxylic acids is 2. The van der Waals surface area contributed by atoms with Crippen LogP contribution < -0.4 is 5.32 Å². The normalized spacial score (nSPS) is 10.5. The van der Waals surface area contributed by atoms with Gasteiger partial charge in [-0.2, -0.15) is 0 Å². The lowest BCUT2D eigenvalue weighted by Gasteiger charge is -2.08. The van der Waals surface area contributed by atoms with Gasteiger partial charge in [-0.15, -0.1) is 0 Å². The highest BCUT2D eigenvalue weighted by Crippen LogP contribution is 2.25. The molecule has 6 heteroatoms. The summed E-state index contributed by atoms with van der Waals surface area (Å²) in [4.78, 5) is 27.4. The predicted molar refractivity (Wildman–Crippen MR) is 87.1 cm³/mol. The van der Waals surface area contributed by atoms with Crippen LogP contribution in [0.25, 0.3) is 10.9 Å². The van der Waals surface area contributed by atoms with E-state index in [9.17, 15) is 9.59 Å². The van der Waals surface area contributed by atoms with Crippen LogP contribution in [-0.2, 0) is 9.53 Å². The van der Waals surface area contributed by atoms with Gasteiger partial charge in [0.05, 0.1) is 22.9 Å². The summed E-state index contributed by atoms with van der Waals surface area (Å²) in [6.07, 6.45) is -0.716. The average Bonchev–Trinajstić information content (AvgIpc) is 2.46. The van der Waals surface area contributed by atoms with Gasteiger partial charge in [0.1, 0.15) is 0 Å². The van der Waals surface area contributed by atoms with E-state index in [0.29, 0.717) is 0 Å². The molecule has 0 fully saturated rings. The maximum atomic E-state index is 11.7. The molecule has 22 heavy (non-hydrogen) atoms. The van der Waals surface area contributed by atoms with Crippen molar-refractivity contribution in [3.8, 4) is 0 Å². The Kier molecular flexibility index (Phi) is 5.38. The van der Waals surface area contributed by atoms with Crippen molar-refractivity contribution < 1.29 is 14.3 Å². The number of hydrogen-bond donors (Lipinski definition) is 1. The van der Waals surface area contributed by atoms with Crippen LogP contribution in [0.4, 0.5) is 4.79 Å². The van der Waals surface area contributed by atoms with Crippen molar-refractivity contribution >= 4 is 34.7 Å². The zero-order valence-corrected chi connectivity index (χ0v) is 13.6. The molecule has 0 atom stereocenters. The van der Waals surface area contributed by atoms with Crippen LogP contribution in [0.3, 0.4) is 0 Å². The molecule has 1 aromatic heterocycles. The number of para-hydroxylation sites is 1. The maximum Gasteiger partial charge on any atom is 0.413 e. The van der Waals surface area contributed by atoms with Crippen LogP contribution >= 0.6 is 11.8 Å².